The molecule has 2 N–H and O–H groups in total. The van der Waals surface area contributed by atoms with E-state index in [0.29, 0.717) is 12.8 Å². The number of halogens is 3. The lowest BCUT2D eigenvalue weighted by molar-refractivity contribution is -0.142. The molecular formula is C11H19F3N2O. The Labute approximate surface area is 99.1 Å². The van der Waals surface area contributed by atoms with Crippen molar-refractivity contribution in [3.05, 3.63) is 0 Å². The third-order valence-electron chi connectivity index (χ3n) is 2.92. The van der Waals surface area contributed by atoms with Gasteiger partial charge in [-0.3, -0.25) is 4.79 Å². The van der Waals surface area contributed by atoms with E-state index in [0.717, 1.165) is 6.54 Å². The molecule has 1 saturated heterocycles. The molecular weight excluding hydrogens is 233 g/mol. The fourth-order valence-corrected chi connectivity index (χ4v) is 2.13. The number of alkyl halides is 3. The zero-order valence-electron chi connectivity index (χ0n) is 10.1. The zero-order chi connectivity index (χ0) is 13.1. The van der Waals surface area contributed by atoms with Crippen molar-refractivity contribution < 1.29 is 18.0 Å². The minimum absolute atomic E-state index is 0.165. The van der Waals surface area contributed by atoms with Gasteiger partial charge in [0.2, 0.25) is 5.91 Å². The van der Waals surface area contributed by atoms with Gasteiger partial charge in [0.25, 0.3) is 0 Å². The lowest BCUT2D eigenvalue weighted by Gasteiger charge is -2.28. The van der Waals surface area contributed by atoms with Crippen LogP contribution in [0.2, 0.25) is 0 Å². The molecule has 0 bridgehead atoms. The van der Waals surface area contributed by atoms with Gasteiger partial charge in [-0.1, -0.05) is 0 Å². The summed E-state index contributed by atoms with van der Waals surface area (Å²) in [5, 5.41) is 5.64. The summed E-state index contributed by atoms with van der Waals surface area (Å²) < 4.78 is 36.3. The van der Waals surface area contributed by atoms with E-state index in [2.05, 4.69) is 10.6 Å². The standard InChI is InChI=1S/C11H19F3N2O/c1-7-5-9(3-4-15-7)10(17)16-8(2)6-11(12,13)14/h7-9,15H,3-6H2,1-2H3,(H,16,17). The van der Waals surface area contributed by atoms with Crippen molar-refractivity contribution in [3.63, 3.8) is 0 Å². The molecule has 100 valence electrons. The molecule has 1 aliphatic heterocycles. The van der Waals surface area contributed by atoms with Crippen molar-refractivity contribution in [2.45, 2.75) is 51.4 Å². The average molecular weight is 252 g/mol. The Bertz CT molecular complexity index is 268. The Hall–Kier alpha value is -0.780. The first-order valence-electron chi connectivity index (χ1n) is 5.88. The van der Waals surface area contributed by atoms with Crippen molar-refractivity contribution in [2.24, 2.45) is 5.92 Å². The van der Waals surface area contributed by atoms with E-state index in [4.69, 9.17) is 0 Å². The van der Waals surface area contributed by atoms with Crippen LogP contribution in [0.25, 0.3) is 0 Å². The van der Waals surface area contributed by atoms with Crippen molar-refractivity contribution in [1.29, 1.82) is 0 Å². The van der Waals surface area contributed by atoms with E-state index in [1.165, 1.54) is 6.92 Å². The van der Waals surface area contributed by atoms with Gasteiger partial charge in [-0.2, -0.15) is 13.2 Å². The second-order valence-electron chi connectivity index (χ2n) is 4.81. The van der Waals surface area contributed by atoms with Gasteiger partial charge in [-0.05, 0) is 33.2 Å². The average Bonchev–Trinajstić information content (AvgIpc) is 2.14. The molecule has 3 atom stereocenters. The lowest BCUT2D eigenvalue weighted by Crippen LogP contribution is -2.45. The number of piperidine rings is 1. The van der Waals surface area contributed by atoms with Gasteiger partial charge < -0.3 is 10.6 Å². The zero-order valence-corrected chi connectivity index (χ0v) is 10.1. The number of hydrogen-bond acceptors (Lipinski definition) is 2. The van der Waals surface area contributed by atoms with Gasteiger partial charge >= 0.3 is 6.18 Å². The molecule has 17 heavy (non-hydrogen) atoms. The Morgan fingerprint density at radius 2 is 2.18 bits per heavy atom. The second-order valence-corrected chi connectivity index (χ2v) is 4.81. The Kier molecular flexibility index (Phi) is 4.80. The number of rotatable bonds is 3. The van der Waals surface area contributed by atoms with Gasteiger partial charge in [-0.15, -0.1) is 0 Å². The predicted molar refractivity (Wildman–Crippen MR) is 58.5 cm³/mol. The van der Waals surface area contributed by atoms with Crippen LogP contribution < -0.4 is 10.6 Å². The van der Waals surface area contributed by atoms with Crippen LogP contribution in [0.5, 0.6) is 0 Å². The summed E-state index contributed by atoms with van der Waals surface area (Å²) in [4.78, 5) is 11.7. The molecule has 0 saturated carbocycles. The number of hydrogen-bond donors (Lipinski definition) is 2. The summed E-state index contributed by atoms with van der Waals surface area (Å²) in [5.41, 5.74) is 0. The van der Waals surface area contributed by atoms with Gasteiger partial charge in [-0.25, -0.2) is 0 Å². The van der Waals surface area contributed by atoms with Crippen molar-refractivity contribution >= 4 is 5.91 Å². The van der Waals surface area contributed by atoms with E-state index in [-0.39, 0.29) is 17.9 Å². The highest BCUT2D eigenvalue weighted by Gasteiger charge is 2.32. The van der Waals surface area contributed by atoms with Crippen LogP contribution >= 0.6 is 0 Å². The Balaban J connectivity index is 2.38. The highest BCUT2D eigenvalue weighted by Crippen LogP contribution is 2.22. The molecule has 1 rings (SSSR count). The Morgan fingerprint density at radius 3 is 2.71 bits per heavy atom. The van der Waals surface area contributed by atoms with Crippen molar-refractivity contribution in [2.75, 3.05) is 6.54 Å². The van der Waals surface area contributed by atoms with E-state index in [9.17, 15) is 18.0 Å². The quantitative estimate of drug-likeness (QED) is 0.804. The normalized spacial score (nSPS) is 27.6. The predicted octanol–water partition coefficient (Wildman–Crippen LogP) is 1.83. The highest BCUT2D eigenvalue weighted by molar-refractivity contribution is 5.79. The molecule has 0 radical (unpaired) electrons. The molecule has 0 aromatic rings. The highest BCUT2D eigenvalue weighted by atomic mass is 19.4. The fourth-order valence-electron chi connectivity index (χ4n) is 2.13. The second kappa shape index (κ2) is 5.71. The van der Waals surface area contributed by atoms with Gasteiger partial charge in [0.05, 0.1) is 6.42 Å². The van der Waals surface area contributed by atoms with Crippen LogP contribution in [0.15, 0.2) is 0 Å². The molecule has 0 aromatic carbocycles. The molecule has 1 fully saturated rings. The van der Waals surface area contributed by atoms with Crippen LogP contribution in [-0.2, 0) is 4.79 Å². The first-order valence-corrected chi connectivity index (χ1v) is 5.88. The molecule has 1 aliphatic rings. The van der Waals surface area contributed by atoms with Gasteiger partial charge in [0.15, 0.2) is 0 Å². The third kappa shape index (κ3) is 5.39. The topological polar surface area (TPSA) is 41.1 Å². The van der Waals surface area contributed by atoms with Crippen LogP contribution in [0.4, 0.5) is 13.2 Å². The summed E-state index contributed by atoms with van der Waals surface area (Å²) in [7, 11) is 0. The van der Waals surface area contributed by atoms with Crippen molar-refractivity contribution in [3.8, 4) is 0 Å². The van der Waals surface area contributed by atoms with Gasteiger partial charge in [0, 0.05) is 18.0 Å². The lowest BCUT2D eigenvalue weighted by atomic mass is 9.92. The number of amides is 1. The fraction of sp³-hybridized carbons (Fsp3) is 0.909. The minimum Gasteiger partial charge on any atom is -0.353 e. The summed E-state index contributed by atoms with van der Waals surface area (Å²) in [6.45, 7) is 4.10. The molecule has 0 aromatic heterocycles. The third-order valence-corrected chi connectivity index (χ3v) is 2.92. The molecule has 0 aliphatic carbocycles. The van der Waals surface area contributed by atoms with Crippen LogP contribution in [0.1, 0.15) is 33.1 Å². The molecule has 3 nitrogen and oxygen atoms in total. The summed E-state index contributed by atoms with van der Waals surface area (Å²) in [5.74, 6) is -0.419. The van der Waals surface area contributed by atoms with Crippen LogP contribution in [0, 0.1) is 5.92 Å². The van der Waals surface area contributed by atoms with Crippen LogP contribution in [-0.4, -0.2) is 30.7 Å². The molecule has 3 unspecified atom stereocenters. The van der Waals surface area contributed by atoms with Gasteiger partial charge in [0.1, 0.15) is 0 Å². The van der Waals surface area contributed by atoms with E-state index >= 15 is 0 Å². The van der Waals surface area contributed by atoms with E-state index in [1.54, 1.807) is 0 Å². The first kappa shape index (κ1) is 14.3. The first-order chi connectivity index (χ1) is 7.78. The summed E-state index contributed by atoms with van der Waals surface area (Å²) >= 11 is 0. The molecule has 1 heterocycles. The Morgan fingerprint density at radius 1 is 1.53 bits per heavy atom. The number of carbonyl (C=O) groups is 1. The molecule has 0 spiro atoms. The number of nitrogens with one attached hydrogen (secondary N) is 2. The molecule has 6 heteroatoms. The minimum atomic E-state index is -4.23. The molecule has 1 amide bonds. The maximum absolute atomic E-state index is 12.1. The monoisotopic (exact) mass is 252 g/mol. The SMILES string of the molecule is CC1CC(C(=O)NC(C)CC(F)(F)F)CCN1. The maximum Gasteiger partial charge on any atom is 0.391 e. The van der Waals surface area contributed by atoms with Crippen LogP contribution in [0.3, 0.4) is 0 Å². The largest absolute Gasteiger partial charge is 0.391 e. The van der Waals surface area contributed by atoms with E-state index in [1.807, 2.05) is 6.92 Å². The maximum atomic E-state index is 12.1. The number of carbonyl (C=O) groups excluding carboxylic acids is 1. The summed E-state index contributed by atoms with van der Waals surface area (Å²) in [6.07, 6.45) is -3.83. The van der Waals surface area contributed by atoms with Crippen molar-refractivity contribution in [1.82, 2.24) is 10.6 Å². The van der Waals surface area contributed by atoms with E-state index < -0.39 is 18.6 Å². The summed E-state index contributed by atoms with van der Waals surface area (Å²) in [6, 6.07) is -0.606. The smallest absolute Gasteiger partial charge is 0.353 e.